The number of morpholine rings is 1. The number of hydrogen-bond donors (Lipinski definition) is 1. The van der Waals surface area contributed by atoms with Crippen molar-refractivity contribution in [3.8, 4) is 0 Å². The van der Waals surface area contributed by atoms with Crippen molar-refractivity contribution in [2.75, 3.05) is 31.6 Å². The van der Waals surface area contributed by atoms with Crippen LogP contribution in [-0.2, 0) is 4.74 Å². The molecule has 2 aliphatic heterocycles. The third-order valence-corrected chi connectivity index (χ3v) is 3.78. The van der Waals surface area contributed by atoms with Gasteiger partial charge < -0.3 is 10.1 Å². The number of ether oxygens (including phenoxy) is 1. The van der Waals surface area contributed by atoms with E-state index in [0.29, 0.717) is 12.1 Å². The summed E-state index contributed by atoms with van der Waals surface area (Å²) >= 11 is 0. The van der Waals surface area contributed by atoms with Crippen LogP contribution in [0.15, 0.2) is 24.3 Å². The lowest BCUT2D eigenvalue weighted by atomic mass is 9.92. The first-order valence-corrected chi connectivity index (χ1v) is 6.52. The van der Waals surface area contributed by atoms with E-state index in [2.05, 4.69) is 41.4 Å². The molecule has 0 aliphatic carbocycles. The Bertz CT molecular complexity index is 388. The van der Waals surface area contributed by atoms with E-state index >= 15 is 0 Å². The number of fused-ring (bicyclic) bond motifs is 1. The molecule has 1 aromatic carbocycles. The Morgan fingerprint density at radius 1 is 1.24 bits per heavy atom. The number of anilines is 1. The van der Waals surface area contributed by atoms with Crippen molar-refractivity contribution in [2.24, 2.45) is 0 Å². The minimum Gasteiger partial charge on any atom is -0.382 e. The summed E-state index contributed by atoms with van der Waals surface area (Å²) in [5.74, 6) is 0. The summed E-state index contributed by atoms with van der Waals surface area (Å²) < 4.78 is 5.45. The molecule has 2 aliphatic rings. The largest absolute Gasteiger partial charge is 0.382 e. The molecule has 92 valence electrons. The van der Waals surface area contributed by atoms with Gasteiger partial charge in [0, 0.05) is 30.9 Å². The maximum atomic E-state index is 5.45. The molecule has 0 bridgehead atoms. The van der Waals surface area contributed by atoms with E-state index in [0.717, 1.165) is 26.3 Å². The van der Waals surface area contributed by atoms with Crippen LogP contribution in [0.5, 0.6) is 0 Å². The Labute approximate surface area is 103 Å². The molecule has 1 fully saturated rings. The highest BCUT2D eigenvalue weighted by molar-refractivity contribution is 5.55. The minimum absolute atomic E-state index is 0.553. The summed E-state index contributed by atoms with van der Waals surface area (Å²) in [5.41, 5.74) is 2.76. The van der Waals surface area contributed by atoms with Gasteiger partial charge in [0.15, 0.2) is 0 Å². The van der Waals surface area contributed by atoms with Crippen molar-refractivity contribution in [3.63, 3.8) is 0 Å². The number of rotatable bonds is 1. The summed E-state index contributed by atoms with van der Waals surface area (Å²) in [6.45, 7) is 6.14. The zero-order chi connectivity index (χ0) is 11.7. The summed E-state index contributed by atoms with van der Waals surface area (Å²) in [7, 11) is 0. The minimum atomic E-state index is 0.553. The number of nitrogens with one attached hydrogen (secondary N) is 1. The van der Waals surface area contributed by atoms with Gasteiger partial charge in [-0.2, -0.15) is 0 Å². The summed E-state index contributed by atoms with van der Waals surface area (Å²) in [6.07, 6.45) is 1.19. The molecule has 2 heterocycles. The van der Waals surface area contributed by atoms with E-state index in [1.807, 2.05) is 0 Å². The van der Waals surface area contributed by atoms with Crippen molar-refractivity contribution < 1.29 is 4.74 Å². The van der Waals surface area contributed by atoms with Gasteiger partial charge in [0.1, 0.15) is 0 Å². The quantitative estimate of drug-likeness (QED) is 0.804. The topological polar surface area (TPSA) is 24.5 Å². The number of benzene rings is 1. The van der Waals surface area contributed by atoms with Gasteiger partial charge in [-0.15, -0.1) is 0 Å². The van der Waals surface area contributed by atoms with Crippen LogP contribution >= 0.6 is 0 Å². The number of para-hydroxylation sites is 1. The first-order valence-electron chi connectivity index (χ1n) is 6.52. The van der Waals surface area contributed by atoms with Crippen LogP contribution in [-0.4, -0.2) is 37.2 Å². The molecule has 0 amide bonds. The van der Waals surface area contributed by atoms with Gasteiger partial charge >= 0.3 is 0 Å². The molecule has 3 heteroatoms. The maximum Gasteiger partial charge on any atom is 0.0594 e. The molecule has 1 N–H and O–H groups in total. The smallest absolute Gasteiger partial charge is 0.0594 e. The summed E-state index contributed by atoms with van der Waals surface area (Å²) in [4.78, 5) is 2.57. The predicted octanol–water partition coefficient (Wildman–Crippen LogP) is 2.26. The summed E-state index contributed by atoms with van der Waals surface area (Å²) in [6, 6.07) is 9.82. The molecular formula is C14H20N2O. The van der Waals surface area contributed by atoms with Crippen LogP contribution in [0.2, 0.25) is 0 Å². The average molecular weight is 232 g/mol. The molecule has 0 radical (unpaired) electrons. The molecule has 2 atom stereocenters. The van der Waals surface area contributed by atoms with Gasteiger partial charge in [-0.3, -0.25) is 4.90 Å². The van der Waals surface area contributed by atoms with Crippen LogP contribution < -0.4 is 5.32 Å². The standard InChI is InChI=1S/C14H20N2O/c1-11-10-14(16-6-8-17-9-7-16)12-4-2-3-5-13(12)15-11/h2-5,11,14-15H,6-10H2,1H3. The van der Waals surface area contributed by atoms with Gasteiger partial charge in [-0.1, -0.05) is 18.2 Å². The zero-order valence-corrected chi connectivity index (χ0v) is 10.4. The maximum absolute atomic E-state index is 5.45. The zero-order valence-electron chi connectivity index (χ0n) is 10.4. The SMILES string of the molecule is CC1CC(N2CCOCC2)c2ccccc2N1. The van der Waals surface area contributed by atoms with E-state index in [1.54, 1.807) is 0 Å². The van der Waals surface area contributed by atoms with E-state index in [-0.39, 0.29) is 0 Å². The second kappa shape index (κ2) is 4.67. The Morgan fingerprint density at radius 2 is 2.00 bits per heavy atom. The van der Waals surface area contributed by atoms with Crippen LogP contribution in [0.25, 0.3) is 0 Å². The summed E-state index contributed by atoms with van der Waals surface area (Å²) in [5, 5.41) is 3.57. The predicted molar refractivity (Wildman–Crippen MR) is 69.3 cm³/mol. The lowest BCUT2D eigenvalue weighted by molar-refractivity contribution is 0.0128. The van der Waals surface area contributed by atoms with Gasteiger partial charge in [-0.05, 0) is 25.0 Å². The van der Waals surface area contributed by atoms with Crippen molar-refractivity contribution in [1.82, 2.24) is 4.90 Å². The molecule has 17 heavy (non-hydrogen) atoms. The lowest BCUT2D eigenvalue weighted by Gasteiger charge is -2.40. The van der Waals surface area contributed by atoms with Gasteiger partial charge in [0.2, 0.25) is 0 Å². The third kappa shape index (κ3) is 2.17. The average Bonchev–Trinajstić information content (AvgIpc) is 2.39. The number of hydrogen-bond acceptors (Lipinski definition) is 3. The van der Waals surface area contributed by atoms with Gasteiger partial charge in [0.05, 0.1) is 13.2 Å². The molecule has 1 aromatic rings. The van der Waals surface area contributed by atoms with Crippen LogP contribution in [0.1, 0.15) is 24.9 Å². The second-order valence-corrected chi connectivity index (χ2v) is 5.03. The highest BCUT2D eigenvalue weighted by Gasteiger charge is 2.29. The molecule has 1 saturated heterocycles. The molecule has 3 nitrogen and oxygen atoms in total. The van der Waals surface area contributed by atoms with Gasteiger partial charge in [-0.25, -0.2) is 0 Å². The Kier molecular flexibility index (Phi) is 3.04. The first kappa shape index (κ1) is 11.1. The molecule has 3 rings (SSSR count). The van der Waals surface area contributed by atoms with Crippen molar-refractivity contribution in [2.45, 2.75) is 25.4 Å². The Morgan fingerprint density at radius 3 is 2.82 bits per heavy atom. The molecule has 0 aromatic heterocycles. The van der Waals surface area contributed by atoms with Crippen molar-refractivity contribution in [3.05, 3.63) is 29.8 Å². The monoisotopic (exact) mass is 232 g/mol. The fraction of sp³-hybridized carbons (Fsp3) is 0.571. The Balaban J connectivity index is 1.88. The van der Waals surface area contributed by atoms with Crippen LogP contribution in [0, 0.1) is 0 Å². The van der Waals surface area contributed by atoms with Crippen LogP contribution in [0.4, 0.5) is 5.69 Å². The highest BCUT2D eigenvalue weighted by atomic mass is 16.5. The van der Waals surface area contributed by atoms with Crippen molar-refractivity contribution >= 4 is 5.69 Å². The lowest BCUT2D eigenvalue weighted by Crippen LogP contribution is -2.42. The highest BCUT2D eigenvalue weighted by Crippen LogP contribution is 2.36. The molecule has 0 spiro atoms. The molecule has 0 saturated carbocycles. The van der Waals surface area contributed by atoms with E-state index in [1.165, 1.54) is 17.7 Å². The fourth-order valence-corrected chi connectivity index (χ4v) is 2.94. The third-order valence-electron chi connectivity index (χ3n) is 3.78. The van der Waals surface area contributed by atoms with E-state index < -0.39 is 0 Å². The van der Waals surface area contributed by atoms with Gasteiger partial charge in [0.25, 0.3) is 0 Å². The second-order valence-electron chi connectivity index (χ2n) is 5.03. The number of nitrogens with zero attached hydrogens (tertiary/aromatic N) is 1. The van der Waals surface area contributed by atoms with E-state index in [9.17, 15) is 0 Å². The molecular weight excluding hydrogens is 212 g/mol. The van der Waals surface area contributed by atoms with Crippen LogP contribution in [0.3, 0.4) is 0 Å². The normalized spacial score (nSPS) is 29.5. The fourth-order valence-electron chi connectivity index (χ4n) is 2.94. The molecule has 2 unspecified atom stereocenters. The first-order chi connectivity index (χ1) is 8.34. The van der Waals surface area contributed by atoms with Crippen molar-refractivity contribution in [1.29, 1.82) is 0 Å². The van der Waals surface area contributed by atoms with E-state index in [4.69, 9.17) is 4.74 Å². The Hall–Kier alpha value is -1.06.